The van der Waals surface area contributed by atoms with Crippen molar-refractivity contribution in [3.63, 3.8) is 0 Å². The zero-order chi connectivity index (χ0) is 12.4. The van der Waals surface area contributed by atoms with Crippen LogP contribution >= 0.6 is 15.9 Å². The predicted molar refractivity (Wildman–Crippen MR) is 68.3 cm³/mol. The van der Waals surface area contributed by atoms with Gasteiger partial charge in [0.1, 0.15) is 16.2 Å². The summed E-state index contributed by atoms with van der Waals surface area (Å²) >= 11 is 3.31. The topological polar surface area (TPSA) is 54.7 Å². The van der Waals surface area contributed by atoms with Crippen LogP contribution < -0.4 is 5.73 Å². The van der Waals surface area contributed by atoms with Crippen molar-refractivity contribution in [3.8, 4) is 0 Å². The van der Waals surface area contributed by atoms with E-state index >= 15 is 0 Å². The van der Waals surface area contributed by atoms with Gasteiger partial charge in [0.2, 0.25) is 0 Å². The van der Waals surface area contributed by atoms with Gasteiger partial charge >= 0.3 is 0 Å². The highest BCUT2D eigenvalue weighted by molar-refractivity contribution is 9.10. The predicted octanol–water partition coefficient (Wildman–Crippen LogP) is 2.71. The molecule has 3 N–H and O–H groups in total. The number of nitrogens with zero attached hydrogens (tertiary/aromatic N) is 1. The molecule has 5 heteroatoms. The number of aryl methyl sites for hydroxylation is 1. The summed E-state index contributed by atoms with van der Waals surface area (Å²) in [5.41, 5.74) is 7.35. The summed E-state index contributed by atoms with van der Waals surface area (Å²) in [6, 6.07) is 5.02. The van der Waals surface area contributed by atoms with Gasteiger partial charge in [-0.1, -0.05) is 12.1 Å². The molecule has 0 spiro atoms. The quantitative estimate of drug-likeness (QED) is 0.915. The van der Waals surface area contributed by atoms with Crippen molar-refractivity contribution >= 4 is 15.9 Å². The summed E-state index contributed by atoms with van der Waals surface area (Å²) in [4.78, 5) is 7.33. The molecule has 1 aromatic heterocycles. The van der Waals surface area contributed by atoms with E-state index in [9.17, 15) is 4.39 Å². The van der Waals surface area contributed by atoms with Crippen LogP contribution in [0.5, 0.6) is 0 Å². The van der Waals surface area contributed by atoms with Crippen molar-refractivity contribution in [2.24, 2.45) is 5.73 Å². The molecule has 1 heterocycles. The molecule has 17 heavy (non-hydrogen) atoms. The molecule has 2 aromatic rings. The van der Waals surface area contributed by atoms with Crippen molar-refractivity contribution in [1.29, 1.82) is 0 Å². The minimum Gasteiger partial charge on any atom is -0.336 e. The molecule has 0 fully saturated rings. The van der Waals surface area contributed by atoms with E-state index in [1.54, 1.807) is 19.2 Å². The number of rotatable bonds is 3. The fraction of sp³-hybridized carbons (Fsp3) is 0.250. The monoisotopic (exact) mass is 297 g/mol. The first-order valence-electron chi connectivity index (χ1n) is 5.28. The van der Waals surface area contributed by atoms with E-state index in [2.05, 4.69) is 25.9 Å². The Hall–Kier alpha value is -1.20. The Morgan fingerprint density at radius 3 is 2.82 bits per heavy atom. The number of halogens is 2. The highest BCUT2D eigenvalue weighted by Crippen LogP contribution is 2.24. The Morgan fingerprint density at radius 2 is 2.29 bits per heavy atom. The molecular formula is C12H13BrFN3. The number of nitrogens with one attached hydrogen (secondary N) is 1. The average molecular weight is 298 g/mol. The molecule has 2 rings (SSSR count). The molecule has 0 radical (unpaired) electrons. The summed E-state index contributed by atoms with van der Waals surface area (Å²) in [6.45, 7) is 2.16. The van der Waals surface area contributed by atoms with Crippen LogP contribution in [0.4, 0.5) is 4.39 Å². The zero-order valence-electron chi connectivity index (χ0n) is 9.37. The molecule has 0 bridgehead atoms. The second-order valence-corrected chi connectivity index (χ2v) is 4.77. The number of benzene rings is 1. The van der Waals surface area contributed by atoms with Gasteiger partial charge in [-0.3, -0.25) is 0 Å². The Bertz CT molecular complexity index is 524. The highest BCUT2D eigenvalue weighted by Gasteiger charge is 2.16. The number of imidazole rings is 1. The van der Waals surface area contributed by atoms with Gasteiger partial charge < -0.3 is 10.7 Å². The van der Waals surface area contributed by atoms with Gasteiger partial charge in [-0.25, -0.2) is 9.37 Å². The van der Waals surface area contributed by atoms with Crippen LogP contribution in [-0.2, 0) is 0 Å². The number of aromatic amines is 1. The van der Waals surface area contributed by atoms with Crippen LogP contribution in [0.3, 0.4) is 0 Å². The lowest BCUT2D eigenvalue weighted by Crippen LogP contribution is -2.15. The summed E-state index contributed by atoms with van der Waals surface area (Å²) < 4.78 is 14.0. The van der Waals surface area contributed by atoms with Gasteiger partial charge in [0.25, 0.3) is 0 Å². The number of nitrogens with two attached hydrogens (primary N) is 1. The summed E-state index contributed by atoms with van der Waals surface area (Å²) in [7, 11) is 0. The third kappa shape index (κ3) is 2.56. The van der Waals surface area contributed by atoms with Crippen LogP contribution in [0.25, 0.3) is 0 Å². The number of H-pyrrole nitrogens is 1. The maximum atomic E-state index is 13.2. The van der Waals surface area contributed by atoms with E-state index in [0.29, 0.717) is 12.1 Å². The van der Waals surface area contributed by atoms with Gasteiger partial charge in [0.15, 0.2) is 0 Å². The number of hydrogen-bond donors (Lipinski definition) is 2. The van der Waals surface area contributed by atoms with Gasteiger partial charge in [-0.15, -0.1) is 0 Å². The van der Waals surface area contributed by atoms with E-state index in [1.165, 1.54) is 6.07 Å². The smallest absolute Gasteiger partial charge is 0.126 e. The molecule has 0 aliphatic rings. The lowest BCUT2D eigenvalue weighted by Gasteiger charge is -2.13. The van der Waals surface area contributed by atoms with Gasteiger partial charge in [0, 0.05) is 6.54 Å². The normalized spacial score (nSPS) is 12.7. The molecule has 0 saturated carbocycles. The second kappa shape index (κ2) is 4.98. The van der Waals surface area contributed by atoms with Gasteiger partial charge in [-0.05, 0) is 40.0 Å². The van der Waals surface area contributed by atoms with Crippen LogP contribution in [0.1, 0.15) is 22.9 Å². The number of aromatic nitrogens is 2. The van der Waals surface area contributed by atoms with Crippen LogP contribution in [0, 0.1) is 12.7 Å². The molecule has 1 unspecified atom stereocenters. The number of hydrogen-bond acceptors (Lipinski definition) is 2. The lowest BCUT2D eigenvalue weighted by molar-refractivity contribution is 0.616. The maximum Gasteiger partial charge on any atom is 0.126 e. The first-order chi connectivity index (χ1) is 8.11. The van der Waals surface area contributed by atoms with E-state index in [1.807, 2.05) is 6.07 Å². The molecule has 1 aromatic carbocycles. The molecular weight excluding hydrogens is 285 g/mol. The molecule has 90 valence electrons. The van der Waals surface area contributed by atoms with Crippen molar-refractivity contribution < 1.29 is 4.39 Å². The van der Waals surface area contributed by atoms with E-state index < -0.39 is 0 Å². The van der Waals surface area contributed by atoms with Gasteiger partial charge in [-0.2, -0.15) is 0 Å². The van der Waals surface area contributed by atoms with Crippen LogP contribution in [-0.4, -0.2) is 16.5 Å². The van der Waals surface area contributed by atoms with Crippen LogP contribution in [0.2, 0.25) is 0 Å². The molecule has 0 saturated heterocycles. The minimum atomic E-state index is -0.204. The third-order valence-corrected chi connectivity index (χ3v) is 3.12. The molecule has 3 nitrogen and oxygen atoms in total. The van der Waals surface area contributed by atoms with E-state index in [-0.39, 0.29) is 11.7 Å². The fourth-order valence-corrected chi connectivity index (χ4v) is 2.09. The van der Waals surface area contributed by atoms with Crippen molar-refractivity contribution in [2.75, 3.05) is 6.54 Å². The molecule has 0 aliphatic heterocycles. The summed E-state index contributed by atoms with van der Waals surface area (Å²) in [6.07, 6.45) is 1.69. The Balaban J connectivity index is 2.38. The lowest BCUT2D eigenvalue weighted by atomic mass is 9.97. The molecule has 0 aliphatic carbocycles. The first-order valence-corrected chi connectivity index (χ1v) is 6.07. The summed E-state index contributed by atoms with van der Waals surface area (Å²) in [5, 5.41) is 0. The van der Waals surface area contributed by atoms with Crippen molar-refractivity contribution in [3.05, 3.63) is 51.8 Å². The van der Waals surface area contributed by atoms with Gasteiger partial charge in [0.05, 0.1) is 12.1 Å². The zero-order valence-corrected chi connectivity index (χ0v) is 11.0. The van der Waals surface area contributed by atoms with E-state index in [0.717, 1.165) is 16.0 Å². The highest BCUT2D eigenvalue weighted by atomic mass is 79.9. The standard InChI is InChI=1S/C12H13BrFN3/c1-7-4-8(2-3-10(7)14)9(5-15)12-16-6-11(13)17-12/h2-4,6,9H,5,15H2,1H3,(H,16,17). The fourth-order valence-electron chi connectivity index (χ4n) is 1.78. The third-order valence-electron chi connectivity index (χ3n) is 2.71. The molecule has 1 atom stereocenters. The van der Waals surface area contributed by atoms with Crippen LogP contribution in [0.15, 0.2) is 29.0 Å². The van der Waals surface area contributed by atoms with Crippen molar-refractivity contribution in [2.45, 2.75) is 12.8 Å². The Labute approximate surface area is 107 Å². The Morgan fingerprint density at radius 1 is 1.53 bits per heavy atom. The second-order valence-electron chi connectivity index (χ2n) is 3.91. The SMILES string of the molecule is Cc1cc(C(CN)c2ncc(Br)[nH]2)ccc1F. The van der Waals surface area contributed by atoms with E-state index in [4.69, 9.17) is 5.73 Å². The average Bonchev–Trinajstić information content (AvgIpc) is 2.71. The molecule has 0 amide bonds. The van der Waals surface area contributed by atoms with Crippen molar-refractivity contribution in [1.82, 2.24) is 9.97 Å². The minimum absolute atomic E-state index is 0.0411. The Kier molecular flexibility index (Phi) is 3.59. The maximum absolute atomic E-state index is 13.2. The largest absolute Gasteiger partial charge is 0.336 e. The summed E-state index contributed by atoms with van der Waals surface area (Å²) in [5.74, 6) is 0.538. The first kappa shape index (κ1) is 12.3.